The Morgan fingerprint density at radius 2 is 2.00 bits per heavy atom. The molecule has 4 nitrogen and oxygen atoms in total. The molecule has 16 heavy (non-hydrogen) atoms. The highest BCUT2D eigenvalue weighted by Crippen LogP contribution is 2.23. The second-order valence-electron chi connectivity index (χ2n) is 4.95. The molecule has 0 radical (unpaired) electrons. The number of carbonyl (C=O) groups excluding carboxylic acids is 1. The summed E-state index contributed by atoms with van der Waals surface area (Å²) in [5, 5.41) is 1.90. The fraction of sp³-hybridized carbons (Fsp3) is 0.909. The quantitative estimate of drug-likeness (QED) is 0.812. The molecule has 3 atom stereocenters. The molecule has 5 heteroatoms. The lowest BCUT2D eigenvalue weighted by atomic mass is 9.87. The number of hydrogen-bond donors (Lipinski definition) is 1. The summed E-state index contributed by atoms with van der Waals surface area (Å²) < 4.78 is 22.4. The smallest absolute Gasteiger partial charge is 0.238 e. The Labute approximate surface area is 97.7 Å². The molecule has 0 aromatic heterocycles. The predicted molar refractivity (Wildman–Crippen MR) is 63.9 cm³/mol. The van der Waals surface area contributed by atoms with E-state index in [9.17, 15) is 13.2 Å². The SMILES string of the molecule is C[C@@H]1CCC[C@@H](NC(=O)[C@H](C)S(C)(=O)=O)C1. The summed E-state index contributed by atoms with van der Waals surface area (Å²) in [7, 11) is -3.28. The third-order valence-electron chi connectivity index (χ3n) is 3.29. The van der Waals surface area contributed by atoms with E-state index in [4.69, 9.17) is 0 Å². The summed E-state index contributed by atoms with van der Waals surface area (Å²) in [6, 6.07) is 0.153. The number of sulfone groups is 1. The average molecular weight is 247 g/mol. The maximum Gasteiger partial charge on any atom is 0.238 e. The summed E-state index contributed by atoms with van der Waals surface area (Å²) in [4.78, 5) is 11.7. The van der Waals surface area contributed by atoms with E-state index in [0.29, 0.717) is 5.92 Å². The van der Waals surface area contributed by atoms with E-state index in [0.717, 1.165) is 25.5 Å². The summed E-state index contributed by atoms with van der Waals surface area (Å²) in [5.74, 6) is 0.259. The van der Waals surface area contributed by atoms with Gasteiger partial charge in [-0.15, -0.1) is 0 Å². The molecule has 0 bridgehead atoms. The van der Waals surface area contributed by atoms with Gasteiger partial charge in [-0.05, 0) is 25.7 Å². The van der Waals surface area contributed by atoms with E-state index in [2.05, 4.69) is 12.2 Å². The Morgan fingerprint density at radius 1 is 1.38 bits per heavy atom. The van der Waals surface area contributed by atoms with Crippen LogP contribution >= 0.6 is 0 Å². The predicted octanol–water partition coefficient (Wildman–Crippen LogP) is 1.11. The standard InChI is InChI=1S/C11H21NO3S/c1-8-5-4-6-10(7-8)12-11(13)9(2)16(3,14)15/h8-10H,4-7H2,1-3H3,(H,12,13)/t8-,9+,10-/m1/s1. The van der Waals surface area contributed by atoms with E-state index < -0.39 is 15.1 Å². The molecule has 1 fully saturated rings. The van der Waals surface area contributed by atoms with Crippen molar-refractivity contribution < 1.29 is 13.2 Å². The van der Waals surface area contributed by atoms with Crippen LogP contribution in [0.2, 0.25) is 0 Å². The number of nitrogens with one attached hydrogen (secondary N) is 1. The monoisotopic (exact) mass is 247 g/mol. The van der Waals surface area contributed by atoms with Gasteiger partial charge in [0.15, 0.2) is 9.84 Å². The van der Waals surface area contributed by atoms with Gasteiger partial charge in [-0.25, -0.2) is 8.42 Å². The Hall–Kier alpha value is -0.580. The number of carbonyl (C=O) groups is 1. The largest absolute Gasteiger partial charge is 0.352 e. The molecule has 0 spiro atoms. The lowest BCUT2D eigenvalue weighted by Crippen LogP contribution is -2.44. The van der Waals surface area contributed by atoms with E-state index in [1.807, 2.05) is 0 Å². The lowest BCUT2D eigenvalue weighted by molar-refractivity contribution is -0.121. The minimum absolute atomic E-state index is 0.153. The van der Waals surface area contributed by atoms with E-state index >= 15 is 0 Å². The van der Waals surface area contributed by atoms with E-state index in [-0.39, 0.29) is 11.9 Å². The summed E-state index contributed by atoms with van der Waals surface area (Å²) in [5.41, 5.74) is 0. The molecule has 0 saturated heterocycles. The molecule has 0 aromatic rings. The first-order valence-corrected chi connectivity index (χ1v) is 7.75. The molecule has 94 valence electrons. The maximum absolute atomic E-state index is 11.7. The molecule has 1 amide bonds. The highest BCUT2D eigenvalue weighted by molar-refractivity contribution is 7.92. The van der Waals surface area contributed by atoms with Crippen molar-refractivity contribution in [2.75, 3.05) is 6.26 Å². The number of hydrogen-bond acceptors (Lipinski definition) is 3. The molecule has 1 aliphatic carbocycles. The molecule has 0 unspecified atom stereocenters. The first kappa shape index (κ1) is 13.5. The Bertz CT molecular complexity index is 350. The molecule has 1 N–H and O–H groups in total. The van der Waals surface area contributed by atoms with Gasteiger partial charge in [0.1, 0.15) is 5.25 Å². The van der Waals surface area contributed by atoms with Crippen LogP contribution in [-0.4, -0.2) is 31.9 Å². The minimum Gasteiger partial charge on any atom is -0.352 e. The number of amides is 1. The van der Waals surface area contributed by atoms with Crippen LogP contribution in [0.15, 0.2) is 0 Å². The van der Waals surface area contributed by atoms with Gasteiger partial charge in [0.05, 0.1) is 0 Å². The molecular weight excluding hydrogens is 226 g/mol. The highest BCUT2D eigenvalue weighted by Gasteiger charge is 2.27. The van der Waals surface area contributed by atoms with E-state index in [1.165, 1.54) is 13.3 Å². The zero-order chi connectivity index (χ0) is 12.3. The van der Waals surface area contributed by atoms with Crippen LogP contribution in [0.1, 0.15) is 39.5 Å². The van der Waals surface area contributed by atoms with Gasteiger partial charge in [0.25, 0.3) is 0 Å². The van der Waals surface area contributed by atoms with Gasteiger partial charge in [-0.3, -0.25) is 4.79 Å². The molecule has 0 aromatic carbocycles. The van der Waals surface area contributed by atoms with Crippen molar-refractivity contribution in [2.45, 2.75) is 50.8 Å². The van der Waals surface area contributed by atoms with Crippen molar-refractivity contribution in [3.63, 3.8) is 0 Å². The van der Waals surface area contributed by atoms with Crippen molar-refractivity contribution in [1.29, 1.82) is 0 Å². The summed E-state index contributed by atoms with van der Waals surface area (Å²) in [6.07, 6.45) is 5.34. The highest BCUT2D eigenvalue weighted by atomic mass is 32.2. The number of rotatable bonds is 3. The van der Waals surface area contributed by atoms with Gasteiger partial charge in [-0.1, -0.05) is 19.8 Å². The van der Waals surface area contributed by atoms with Crippen LogP contribution in [0.3, 0.4) is 0 Å². The second kappa shape index (κ2) is 5.17. The third kappa shape index (κ3) is 3.77. The first-order valence-electron chi connectivity index (χ1n) is 5.80. The topological polar surface area (TPSA) is 63.2 Å². The summed E-state index contributed by atoms with van der Waals surface area (Å²) in [6.45, 7) is 3.61. The average Bonchev–Trinajstić information content (AvgIpc) is 2.15. The van der Waals surface area contributed by atoms with Crippen molar-refractivity contribution in [2.24, 2.45) is 5.92 Å². The van der Waals surface area contributed by atoms with Gasteiger partial charge in [-0.2, -0.15) is 0 Å². The lowest BCUT2D eigenvalue weighted by Gasteiger charge is -2.28. The molecule has 1 aliphatic rings. The zero-order valence-corrected chi connectivity index (χ0v) is 11.0. The van der Waals surface area contributed by atoms with Crippen LogP contribution < -0.4 is 5.32 Å². The van der Waals surface area contributed by atoms with E-state index in [1.54, 1.807) is 0 Å². The first-order chi connectivity index (χ1) is 7.30. The summed E-state index contributed by atoms with van der Waals surface area (Å²) >= 11 is 0. The zero-order valence-electron chi connectivity index (χ0n) is 10.2. The van der Waals surface area contributed by atoms with Crippen LogP contribution in [0, 0.1) is 5.92 Å². The Balaban J connectivity index is 2.51. The van der Waals surface area contributed by atoms with Crippen LogP contribution in [0.25, 0.3) is 0 Å². The Kier molecular flexibility index (Phi) is 4.35. The van der Waals surface area contributed by atoms with Gasteiger partial charge >= 0.3 is 0 Å². The fourth-order valence-electron chi connectivity index (χ4n) is 2.08. The van der Waals surface area contributed by atoms with Crippen LogP contribution in [0.4, 0.5) is 0 Å². The van der Waals surface area contributed by atoms with Gasteiger partial charge in [0.2, 0.25) is 5.91 Å². The third-order valence-corrected chi connectivity index (χ3v) is 4.79. The van der Waals surface area contributed by atoms with Crippen LogP contribution in [-0.2, 0) is 14.6 Å². The van der Waals surface area contributed by atoms with Crippen molar-refractivity contribution in [1.82, 2.24) is 5.32 Å². The van der Waals surface area contributed by atoms with Gasteiger partial charge < -0.3 is 5.32 Å². The molecule has 1 rings (SSSR count). The minimum atomic E-state index is -3.28. The molecular formula is C11H21NO3S. The van der Waals surface area contributed by atoms with Crippen molar-refractivity contribution >= 4 is 15.7 Å². The molecule has 0 aliphatic heterocycles. The maximum atomic E-state index is 11.7. The van der Waals surface area contributed by atoms with Gasteiger partial charge in [0, 0.05) is 12.3 Å². The van der Waals surface area contributed by atoms with Crippen molar-refractivity contribution in [3.8, 4) is 0 Å². The second-order valence-corrected chi connectivity index (χ2v) is 7.32. The molecule has 1 saturated carbocycles. The molecule has 0 heterocycles. The Morgan fingerprint density at radius 3 is 2.50 bits per heavy atom. The fourth-order valence-corrected chi connectivity index (χ4v) is 2.54. The van der Waals surface area contributed by atoms with Crippen LogP contribution in [0.5, 0.6) is 0 Å². The normalized spacial score (nSPS) is 28.4. The van der Waals surface area contributed by atoms with Crippen molar-refractivity contribution in [3.05, 3.63) is 0 Å².